The van der Waals surface area contributed by atoms with E-state index in [0.29, 0.717) is 17.1 Å². The highest BCUT2D eigenvalue weighted by Crippen LogP contribution is 2.25. The van der Waals surface area contributed by atoms with Gasteiger partial charge in [0, 0.05) is 24.5 Å². The van der Waals surface area contributed by atoms with Crippen LogP contribution < -0.4 is 0 Å². The molecule has 1 aromatic rings. The van der Waals surface area contributed by atoms with Gasteiger partial charge in [-0.15, -0.1) is 0 Å². The molecule has 0 saturated carbocycles. The third-order valence-corrected chi connectivity index (χ3v) is 3.58. The first kappa shape index (κ1) is 13.8. The largest absolute Gasteiger partial charge is 0.481 e. The van der Waals surface area contributed by atoms with Crippen molar-refractivity contribution >= 4 is 23.5 Å². The van der Waals surface area contributed by atoms with Gasteiger partial charge in [-0.05, 0) is 25.8 Å². The van der Waals surface area contributed by atoms with Gasteiger partial charge in [0.15, 0.2) is 0 Å². The molecule has 2 heterocycles. The highest BCUT2D eigenvalue weighted by atomic mass is 35.5. The summed E-state index contributed by atoms with van der Waals surface area (Å²) in [6, 6.07) is 1.39. The second-order valence-electron chi connectivity index (χ2n) is 4.70. The monoisotopic (exact) mass is 282 g/mol. The van der Waals surface area contributed by atoms with Gasteiger partial charge >= 0.3 is 5.97 Å². The minimum atomic E-state index is -0.891. The summed E-state index contributed by atoms with van der Waals surface area (Å²) in [5, 5.41) is 9.22. The number of carbonyl (C=O) groups is 2. The van der Waals surface area contributed by atoms with Crippen molar-refractivity contribution in [2.45, 2.75) is 32.2 Å². The van der Waals surface area contributed by atoms with E-state index < -0.39 is 5.97 Å². The molecule has 1 saturated heterocycles. The molecule has 1 aliphatic rings. The molecule has 1 aliphatic heterocycles. The molecule has 0 bridgehead atoms. The summed E-state index contributed by atoms with van der Waals surface area (Å²) in [4.78, 5) is 28.8. The van der Waals surface area contributed by atoms with Crippen molar-refractivity contribution in [3.05, 3.63) is 28.5 Å². The van der Waals surface area contributed by atoms with Gasteiger partial charge in [0.2, 0.25) is 0 Å². The molecule has 102 valence electrons. The number of aromatic nitrogens is 1. The van der Waals surface area contributed by atoms with Crippen molar-refractivity contribution in [2.75, 3.05) is 6.54 Å². The number of hydrogen-bond acceptors (Lipinski definition) is 3. The Bertz CT molecular complexity index is 519. The summed E-state index contributed by atoms with van der Waals surface area (Å²) in [5.41, 5.74) is 1.08. The number of halogens is 1. The molecule has 6 heteroatoms. The van der Waals surface area contributed by atoms with Crippen LogP contribution in [0.3, 0.4) is 0 Å². The van der Waals surface area contributed by atoms with E-state index in [4.69, 9.17) is 16.7 Å². The summed E-state index contributed by atoms with van der Waals surface area (Å²) in [6.45, 7) is 2.37. The summed E-state index contributed by atoms with van der Waals surface area (Å²) in [7, 11) is 0. The van der Waals surface area contributed by atoms with E-state index in [1.807, 2.05) is 0 Å². The van der Waals surface area contributed by atoms with Crippen LogP contribution in [0.5, 0.6) is 0 Å². The van der Waals surface area contributed by atoms with Gasteiger partial charge < -0.3 is 10.0 Å². The fourth-order valence-corrected chi connectivity index (χ4v) is 2.64. The first-order valence-corrected chi connectivity index (χ1v) is 6.51. The van der Waals surface area contributed by atoms with Crippen LogP contribution in [-0.2, 0) is 4.79 Å². The Hall–Kier alpha value is -1.62. The molecular weight excluding hydrogens is 268 g/mol. The second-order valence-corrected chi connectivity index (χ2v) is 5.11. The van der Waals surface area contributed by atoms with Crippen LogP contribution >= 0.6 is 11.6 Å². The minimum Gasteiger partial charge on any atom is -0.481 e. The van der Waals surface area contributed by atoms with Crippen LogP contribution in [0.25, 0.3) is 0 Å². The number of carbonyl (C=O) groups excluding carboxylic acids is 1. The fourth-order valence-electron chi connectivity index (χ4n) is 2.36. The lowest BCUT2D eigenvalue weighted by molar-refractivity contribution is -0.137. The first-order valence-electron chi connectivity index (χ1n) is 6.14. The number of aliphatic carboxylic acids is 1. The van der Waals surface area contributed by atoms with Gasteiger partial charge in [-0.3, -0.25) is 14.6 Å². The number of amides is 1. The standard InChI is InChI=1S/C13H15ClN2O3/c1-8-5-11(14)10(7-15-8)13(19)16-4-2-3-9(16)6-12(17)18/h5,7,9H,2-4,6H2,1H3,(H,17,18). The average molecular weight is 283 g/mol. The predicted octanol–water partition coefficient (Wildman–Crippen LogP) is 2.12. The molecule has 2 rings (SSSR count). The zero-order valence-electron chi connectivity index (χ0n) is 10.6. The highest BCUT2D eigenvalue weighted by Gasteiger charge is 2.31. The van der Waals surface area contributed by atoms with E-state index in [9.17, 15) is 9.59 Å². The number of aryl methyl sites for hydroxylation is 1. The Morgan fingerprint density at radius 2 is 2.32 bits per heavy atom. The summed E-state index contributed by atoms with van der Waals surface area (Å²) < 4.78 is 0. The highest BCUT2D eigenvalue weighted by molar-refractivity contribution is 6.33. The average Bonchev–Trinajstić information content (AvgIpc) is 2.75. The molecule has 1 N–H and O–H groups in total. The molecule has 5 nitrogen and oxygen atoms in total. The molecule has 0 spiro atoms. The molecule has 0 radical (unpaired) electrons. The summed E-state index contributed by atoms with van der Waals surface area (Å²) in [5.74, 6) is -1.13. The van der Waals surface area contributed by atoms with Gasteiger partial charge in [0.25, 0.3) is 5.91 Å². The van der Waals surface area contributed by atoms with Gasteiger partial charge in [-0.25, -0.2) is 0 Å². The number of carboxylic acids is 1. The topological polar surface area (TPSA) is 70.5 Å². The van der Waals surface area contributed by atoms with Crippen LogP contribution in [0.4, 0.5) is 0 Å². The van der Waals surface area contributed by atoms with Crippen molar-refractivity contribution in [3.63, 3.8) is 0 Å². The normalized spacial score (nSPS) is 18.6. The Labute approximate surface area is 116 Å². The third kappa shape index (κ3) is 3.04. The maximum atomic E-state index is 12.4. The number of pyridine rings is 1. The lowest BCUT2D eigenvalue weighted by Gasteiger charge is -2.23. The Morgan fingerprint density at radius 1 is 1.58 bits per heavy atom. The molecular formula is C13H15ClN2O3. The molecule has 1 amide bonds. The Balaban J connectivity index is 2.20. The van der Waals surface area contributed by atoms with E-state index in [-0.39, 0.29) is 18.4 Å². The van der Waals surface area contributed by atoms with Crippen LogP contribution in [0.15, 0.2) is 12.3 Å². The van der Waals surface area contributed by atoms with Crippen molar-refractivity contribution in [2.24, 2.45) is 0 Å². The van der Waals surface area contributed by atoms with Crippen molar-refractivity contribution in [3.8, 4) is 0 Å². The number of hydrogen-bond donors (Lipinski definition) is 1. The Morgan fingerprint density at radius 3 is 2.95 bits per heavy atom. The molecule has 19 heavy (non-hydrogen) atoms. The van der Waals surface area contributed by atoms with Crippen molar-refractivity contribution in [1.82, 2.24) is 9.88 Å². The molecule has 1 fully saturated rings. The van der Waals surface area contributed by atoms with E-state index >= 15 is 0 Å². The SMILES string of the molecule is Cc1cc(Cl)c(C(=O)N2CCCC2CC(=O)O)cn1. The van der Waals surface area contributed by atoms with Crippen LogP contribution in [-0.4, -0.2) is 39.5 Å². The smallest absolute Gasteiger partial charge is 0.305 e. The first-order chi connectivity index (χ1) is 8.99. The van der Waals surface area contributed by atoms with Gasteiger partial charge in [0.1, 0.15) is 0 Å². The number of rotatable bonds is 3. The van der Waals surface area contributed by atoms with E-state index in [0.717, 1.165) is 18.5 Å². The summed E-state index contributed by atoms with van der Waals surface area (Å²) in [6.07, 6.45) is 2.97. The van der Waals surface area contributed by atoms with Crippen molar-refractivity contribution in [1.29, 1.82) is 0 Å². The quantitative estimate of drug-likeness (QED) is 0.922. The summed E-state index contributed by atoms with van der Waals surface area (Å²) >= 11 is 6.05. The second kappa shape index (κ2) is 5.57. The maximum Gasteiger partial charge on any atom is 0.305 e. The van der Waals surface area contributed by atoms with E-state index in [1.165, 1.54) is 6.20 Å². The lowest BCUT2D eigenvalue weighted by Crippen LogP contribution is -2.37. The molecule has 0 aromatic carbocycles. The maximum absolute atomic E-state index is 12.4. The molecule has 1 atom stereocenters. The number of carboxylic acid groups (broad SMARTS) is 1. The molecule has 1 aromatic heterocycles. The zero-order chi connectivity index (χ0) is 14.0. The number of nitrogens with zero attached hydrogens (tertiary/aromatic N) is 2. The van der Waals surface area contributed by atoms with Crippen molar-refractivity contribution < 1.29 is 14.7 Å². The fraction of sp³-hybridized carbons (Fsp3) is 0.462. The van der Waals surface area contributed by atoms with Crippen LogP contribution in [0.1, 0.15) is 35.3 Å². The molecule has 1 unspecified atom stereocenters. The van der Waals surface area contributed by atoms with Crippen LogP contribution in [0.2, 0.25) is 5.02 Å². The van der Waals surface area contributed by atoms with Gasteiger partial charge in [0.05, 0.1) is 17.0 Å². The van der Waals surface area contributed by atoms with E-state index in [2.05, 4.69) is 4.98 Å². The molecule has 0 aliphatic carbocycles. The number of likely N-dealkylation sites (tertiary alicyclic amines) is 1. The van der Waals surface area contributed by atoms with Gasteiger partial charge in [-0.1, -0.05) is 11.6 Å². The van der Waals surface area contributed by atoms with Crippen LogP contribution in [0, 0.1) is 6.92 Å². The third-order valence-electron chi connectivity index (χ3n) is 3.27. The van der Waals surface area contributed by atoms with Gasteiger partial charge in [-0.2, -0.15) is 0 Å². The lowest BCUT2D eigenvalue weighted by atomic mass is 10.1. The zero-order valence-corrected chi connectivity index (χ0v) is 11.4. The minimum absolute atomic E-state index is 0.0251. The Kier molecular flexibility index (Phi) is 4.04. The predicted molar refractivity (Wildman–Crippen MR) is 70.3 cm³/mol. The van der Waals surface area contributed by atoms with E-state index in [1.54, 1.807) is 17.9 Å².